The fourth-order valence-corrected chi connectivity index (χ4v) is 2.33. The van der Waals surface area contributed by atoms with Crippen molar-refractivity contribution in [2.24, 2.45) is 5.73 Å². The first-order valence-electron chi connectivity index (χ1n) is 6.28. The Hall–Kier alpha value is -1.74. The van der Waals surface area contributed by atoms with Gasteiger partial charge >= 0.3 is 0 Å². The lowest BCUT2D eigenvalue weighted by Gasteiger charge is -2.30. The zero-order valence-electron chi connectivity index (χ0n) is 11.1. The molecule has 0 saturated heterocycles. The Morgan fingerprint density at radius 1 is 1.00 bits per heavy atom. The van der Waals surface area contributed by atoms with E-state index in [1.165, 1.54) is 24.3 Å². The molecule has 2 rings (SSSR count). The Labute approximate surface area is 112 Å². The third-order valence-corrected chi connectivity index (χ3v) is 3.45. The highest BCUT2D eigenvalue weighted by molar-refractivity contribution is 5.39. The van der Waals surface area contributed by atoms with Crippen molar-refractivity contribution in [3.8, 4) is 0 Å². The van der Waals surface area contributed by atoms with Crippen molar-refractivity contribution in [3.63, 3.8) is 0 Å². The highest BCUT2D eigenvalue weighted by Gasteiger charge is 2.28. The third-order valence-electron chi connectivity index (χ3n) is 3.45. The summed E-state index contributed by atoms with van der Waals surface area (Å²) in [4.78, 5) is 0. The molecule has 3 heteroatoms. The van der Waals surface area contributed by atoms with Crippen molar-refractivity contribution >= 4 is 0 Å². The van der Waals surface area contributed by atoms with Gasteiger partial charge in [0.25, 0.3) is 0 Å². The smallest absolute Gasteiger partial charge is 0.123 e. The normalized spacial score (nSPS) is 14.2. The summed E-state index contributed by atoms with van der Waals surface area (Å²) in [5.41, 5.74) is 7.65. The van der Waals surface area contributed by atoms with Crippen LogP contribution in [0, 0.1) is 18.6 Å². The highest BCUT2D eigenvalue weighted by atomic mass is 19.1. The van der Waals surface area contributed by atoms with Crippen LogP contribution >= 0.6 is 0 Å². The predicted octanol–water partition coefficient (Wildman–Crippen LogP) is 3.89. The lowest BCUT2D eigenvalue weighted by atomic mass is 9.81. The van der Waals surface area contributed by atoms with Crippen LogP contribution < -0.4 is 5.73 Å². The maximum atomic E-state index is 13.6. The van der Waals surface area contributed by atoms with Crippen LogP contribution in [0.3, 0.4) is 0 Å². The van der Waals surface area contributed by atoms with E-state index in [9.17, 15) is 8.78 Å². The Kier molecular flexibility index (Phi) is 3.67. The quantitative estimate of drug-likeness (QED) is 0.891. The fraction of sp³-hybridized carbons (Fsp3) is 0.250. The molecular weight excluding hydrogens is 244 g/mol. The zero-order valence-corrected chi connectivity index (χ0v) is 11.1. The van der Waals surface area contributed by atoms with E-state index >= 15 is 0 Å². The summed E-state index contributed by atoms with van der Waals surface area (Å²) in [6.07, 6.45) is 0.555. The molecule has 0 aliphatic heterocycles. The minimum atomic E-state index is -0.880. The number of hydrogen-bond donors (Lipinski definition) is 1. The number of rotatable bonds is 3. The molecule has 0 spiro atoms. The van der Waals surface area contributed by atoms with E-state index in [1.54, 1.807) is 12.1 Å². The van der Waals surface area contributed by atoms with Gasteiger partial charge in [0.15, 0.2) is 0 Å². The van der Waals surface area contributed by atoms with E-state index in [0.717, 1.165) is 5.56 Å². The molecular formula is C16H17F2N. The second-order valence-electron chi connectivity index (χ2n) is 4.85. The molecule has 0 heterocycles. The molecule has 0 aliphatic carbocycles. The van der Waals surface area contributed by atoms with Gasteiger partial charge in [-0.25, -0.2) is 8.78 Å². The van der Waals surface area contributed by atoms with Crippen molar-refractivity contribution in [2.75, 3.05) is 0 Å². The van der Waals surface area contributed by atoms with Gasteiger partial charge in [-0.15, -0.1) is 0 Å². The van der Waals surface area contributed by atoms with Crippen LogP contribution in [0.15, 0.2) is 42.5 Å². The fourth-order valence-electron chi connectivity index (χ4n) is 2.33. The predicted molar refractivity (Wildman–Crippen MR) is 72.8 cm³/mol. The average Bonchev–Trinajstić information content (AvgIpc) is 2.36. The maximum absolute atomic E-state index is 13.6. The molecule has 1 unspecified atom stereocenters. The van der Waals surface area contributed by atoms with Crippen molar-refractivity contribution in [1.82, 2.24) is 0 Å². The molecule has 2 aromatic rings. The summed E-state index contributed by atoms with van der Waals surface area (Å²) in [6.45, 7) is 3.72. The highest BCUT2D eigenvalue weighted by Crippen LogP contribution is 2.31. The summed E-state index contributed by atoms with van der Waals surface area (Å²) in [7, 11) is 0. The van der Waals surface area contributed by atoms with E-state index in [1.807, 2.05) is 19.9 Å². The van der Waals surface area contributed by atoms with Gasteiger partial charge in [-0.3, -0.25) is 0 Å². The molecule has 19 heavy (non-hydrogen) atoms. The van der Waals surface area contributed by atoms with E-state index in [-0.39, 0.29) is 11.6 Å². The molecule has 2 N–H and O–H groups in total. The summed E-state index contributed by atoms with van der Waals surface area (Å²) in [5.74, 6) is -0.663. The minimum absolute atomic E-state index is 0.324. The first kappa shape index (κ1) is 13.7. The summed E-state index contributed by atoms with van der Waals surface area (Å²) in [6, 6.07) is 10.9. The number of aryl methyl sites for hydroxylation is 1. The van der Waals surface area contributed by atoms with Gasteiger partial charge in [-0.2, -0.15) is 0 Å². The number of nitrogens with two attached hydrogens (primary N) is 1. The molecule has 0 saturated carbocycles. The van der Waals surface area contributed by atoms with E-state index < -0.39 is 5.54 Å². The van der Waals surface area contributed by atoms with Crippen LogP contribution in [0.5, 0.6) is 0 Å². The van der Waals surface area contributed by atoms with Crippen molar-refractivity contribution in [2.45, 2.75) is 25.8 Å². The van der Waals surface area contributed by atoms with Gasteiger partial charge in [0, 0.05) is 0 Å². The summed E-state index contributed by atoms with van der Waals surface area (Å²) < 4.78 is 26.9. The van der Waals surface area contributed by atoms with Gasteiger partial charge < -0.3 is 5.73 Å². The van der Waals surface area contributed by atoms with E-state index in [0.29, 0.717) is 17.5 Å². The van der Waals surface area contributed by atoms with Gasteiger partial charge in [0.1, 0.15) is 11.6 Å². The SMILES string of the molecule is CCC(N)(c1cccc(F)c1)c1cc(C)cc(F)c1. The van der Waals surface area contributed by atoms with Crippen LogP contribution in [-0.4, -0.2) is 0 Å². The van der Waals surface area contributed by atoms with Crippen LogP contribution in [-0.2, 0) is 5.54 Å². The molecule has 0 radical (unpaired) electrons. The van der Waals surface area contributed by atoms with Crippen molar-refractivity contribution in [1.29, 1.82) is 0 Å². The van der Waals surface area contributed by atoms with Gasteiger partial charge in [-0.05, 0) is 54.3 Å². The van der Waals surface area contributed by atoms with Crippen LogP contribution in [0.25, 0.3) is 0 Å². The number of benzene rings is 2. The number of halogens is 2. The maximum Gasteiger partial charge on any atom is 0.123 e. The third kappa shape index (κ3) is 2.66. The number of hydrogen-bond acceptors (Lipinski definition) is 1. The molecule has 0 bridgehead atoms. The Morgan fingerprint density at radius 3 is 2.26 bits per heavy atom. The van der Waals surface area contributed by atoms with E-state index in [2.05, 4.69) is 0 Å². The summed E-state index contributed by atoms with van der Waals surface area (Å²) >= 11 is 0. The van der Waals surface area contributed by atoms with Crippen LogP contribution in [0.2, 0.25) is 0 Å². The standard InChI is InChI=1S/C16H17F2N/c1-3-16(19,12-5-4-6-14(17)9-12)13-7-11(2)8-15(18)10-13/h4-10H,3,19H2,1-2H3. The minimum Gasteiger partial charge on any atom is -0.318 e. The van der Waals surface area contributed by atoms with Crippen molar-refractivity contribution in [3.05, 3.63) is 70.8 Å². The average molecular weight is 261 g/mol. The first-order chi connectivity index (χ1) is 8.95. The van der Waals surface area contributed by atoms with Gasteiger partial charge in [0.05, 0.1) is 5.54 Å². The Bertz CT molecular complexity index is 575. The zero-order chi connectivity index (χ0) is 14.0. The lowest BCUT2D eigenvalue weighted by molar-refractivity contribution is 0.506. The molecule has 0 aliphatic rings. The molecule has 0 fully saturated rings. The Balaban J connectivity index is 2.59. The summed E-state index contributed by atoms with van der Waals surface area (Å²) in [5, 5.41) is 0. The van der Waals surface area contributed by atoms with Gasteiger partial charge in [-0.1, -0.05) is 25.1 Å². The van der Waals surface area contributed by atoms with Crippen LogP contribution in [0.1, 0.15) is 30.0 Å². The monoisotopic (exact) mass is 261 g/mol. The second-order valence-corrected chi connectivity index (χ2v) is 4.85. The van der Waals surface area contributed by atoms with Crippen molar-refractivity contribution < 1.29 is 8.78 Å². The molecule has 1 atom stereocenters. The van der Waals surface area contributed by atoms with E-state index in [4.69, 9.17) is 5.73 Å². The largest absolute Gasteiger partial charge is 0.318 e. The second kappa shape index (κ2) is 5.10. The van der Waals surface area contributed by atoms with Crippen LogP contribution in [0.4, 0.5) is 8.78 Å². The molecule has 0 amide bonds. The van der Waals surface area contributed by atoms with Gasteiger partial charge in [0.2, 0.25) is 0 Å². The topological polar surface area (TPSA) is 26.0 Å². The lowest BCUT2D eigenvalue weighted by Crippen LogP contribution is -2.37. The first-order valence-corrected chi connectivity index (χ1v) is 6.28. The molecule has 0 aromatic heterocycles. The molecule has 2 aromatic carbocycles. The molecule has 1 nitrogen and oxygen atoms in total. The Morgan fingerprint density at radius 2 is 1.68 bits per heavy atom. The molecule has 100 valence electrons.